The van der Waals surface area contributed by atoms with Crippen LogP contribution in [0, 0.1) is 5.82 Å². The van der Waals surface area contributed by atoms with Gasteiger partial charge in [0, 0.05) is 28.0 Å². The monoisotopic (exact) mass is 383 g/mol. The fourth-order valence-electron chi connectivity index (χ4n) is 1.96. The van der Waals surface area contributed by atoms with Crippen molar-refractivity contribution < 1.29 is 9.18 Å². The Hall–Kier alpha value is -1.17. The zero-order valence-electron chi connectivity index (χ0n) is 13.3. The molecule has 0 saturated carbocycles. The number of rotatable bonds is 8. The second kappa shape index (κ2) is 9.97. The smallest absolute Gasteiger partial charge is 0.233 e. The summed E-state index contributed by atoms with van der Waals surface area (Å²) in [6.07, 6.45) is 0. The quantitative estimate of drug-likeness (QED) is 0.513. The number of carbonyl (C=O) groups excluding carboxylic acids is 1. The summed E-state index contributed by atoms with van der Waals surface area (Å²) in [6, 6.07) is 14.2. The van der Waals surface area contributed by atoms with Crippen LogP contribution in [-0.2, 0) is 10.5 Å². The lowest BCUT2D eigenvalue weighted by Gasteiger charge is -2.12. The normalized spacial score (nSPS) is 12.0. The highest BCUT2D eigenvalue weighted by Crippen LogP contribution is 2.24. The Labute approximate surface area is 155 Å². The van der Waals surface area contributed by atoms with Crippen molar-refractivity contribution in [1.82, 2.24) is 5.32 Å². The summed E-state index contributed by atoms with van der Waals surface area (Å²) in [4.78, 5) is 13.1. The summed E-state index contributed by atoms with van der Waals surface area (Å²) < 4.78 is 13.5. The highest BCUT2D eigenvalue weighted by Gasteiger charge is 2.13. The fraction of sp³-hybridized carbons (Fsp3) is 0.278. The Morgan fingerprint density at radius 3 is 2.62 bits per heavy atom. The van der Waals surface area contributed by atoms with Crippen LogP contribution >= 0.6 is 35.1 Å². The molecule has 2 nitrogen and oxygen atoms in total. The van der Waals surface area contributed by atoms with Crippen molar-refractivity contribution in [2.24, 2.45) is 0 Å². The van der Waals surface area contributed by atoms with E-state index in [0.717, 1.165) is 10.6 Å². The lowest BCUT2D eigenvalue weighted by molar-refractivity contribution is -0.120. The number of amides is 1. The van der Waals surface area contributed by atoms with E-state index in [1.54, 1.807) is 23.9 Å². The van der Waals surface area contributed by atoms with Gasteiger partial charge < -0.3 is 5.32 Å². The van der Waals surface area contributed by atoms with Crippen LogP contribution < -0.4 is 5.32 Å². The third-order valence-corrected chi connectivity index (χ3v) is 5.63. The van der Waals surface area contributed by atoms with Gasteiger partial charge in [0.25, 0.3) is 0 Å². The highest BCUT2D eigenvalue weighted by atomic mass is 35.5. The van der Waals surface area contributed by atoms with Gasteiger partial charge in [0.2, 0.25) is 5.91 Å². The first kappa shape index (κ1) is 19.2. The van der Waals surface area contributed by atoms with Crippen molar-refractivity contribution >= 4 is 41.0 Å². The van der Waals surface area contributed by atoms with E-state index in [1.165, 1.54) is 17.8 Å². The molecule has 2 rings (SSSR count). The van der Waals surface area contributed by atoms with E-state index in [0.29, 0.717) is 22.9 Å². The fourth-order valence-corrected chi connectivity index (χ4v) is 3.82. The molecule has 0 saturated heterocycles. The molecule has 6 heteroatoms. The summed E-state index contributed by atoms with van der Waals surface area (Å²) in [5.74, 6) is 1.18. The molecule has 0 aliphatic heterocycles. The molecular formula is C18H19ClFNOS2. The molecule has 128 valence electrons. The minimum Gasteiger partial charge on any atom is -0.354 e. The largest absolute Gasteiger partial charge is 0.354 e. The molecule has 0 unspecified atom stereocenters. The maximum absolute atomic E-state index is 13.5. The first-order chi connectivity index (χ1) is 11.6. The van der Waals surface area contributed by atoms with Crippen LogP contribution in [0.5, 0.6) is 0 Å². The predicted molar refractivity (Wildman–Crippen MR) is 102 cm³/mol. The Bertz CT molecular complexity index is 666. The number of hydrogen-bond donors (Lipinski definition) is 1. The van der Waals surface area contributed by atoms with E-state index in [2.05, 4.69) is 5.32 Å². The molecule has 0 fully saturated rings. The number of benzene rings is 2. The molecule has 0 aromatic heterocycles. The van der Waals surface area contributed by atoms with Crippen molar-refractivity contribution in [2.45, 2.75) is 22.8 Å². The second-order valence-corrected chi connectivity index (χ2v) is 8.10. The molecule has 2 aromatic rings. The average Bonchev–Trinajstić information content (AvgIpc) is 2.58. The standard InChI is InChI=1S/C18H19ClFNOS2/c1-13(24-16-8-6-15(19)7-9-16)18(22)21-10-11-23-12-14-4-2-3-5-17(14)20/h2-9,13H,10-12H2,1H3,(H,21,22)/t13-/m1/s1. The lowest BCUT2D eigenvalue weighted by atomic mass is 10.2. The maximum atomic E-state index is 13.5. The van der Waals surface area contributed by atoms with Crippen LogP contribution in [0.2, 0.25) is 5.02 Å². The molecule has 1 atom stereocenters. The molecular weight excluding hydrogens is 365 g/mol. The van der Waals surface area contributed by atoms with Gasteiger partial charge in [-0.05, 0) is 42.8 Å². The predicted octanol–water partition coefficient (Wildman–Crippen LogP) is 5.01. The molecule has 0 aliphatic rings. The van der Waals surface area contributed by atoms with E-state index < -0.39 is 0 Å². The van der Waals surface area contributed by atoms with Gasteiger partial charge in [0.15, 0.2) is 0 Å². The summed E-state index contributed by atoms with van der Waals surface area (Å²) >= 11 is 8.95. The van der Waals surface area contributed by atoms with Gasteiger partial charge >= 0.3 is 0 Å². The van der Waals surface area contributed by atoms with Gasteiger partial charge in [0.1, 0.15) is 5.82 Å². The molecule has 0 aliphatic carbocycles. The van der Waals surface area contributed by atoms with Gasteiger partial charge in [0.05, 0.1) is 5.25 Å². The lowest BCUT2D eigenvalue weighted by Crippen LogP contribution is -2.32. The van der Waals surface area contributed by atoms with Crippen LogP contribution in [0.15, 0.2) is 53.4 Å². The number of thioether (sulfide) groups is 2. The van der Waals surface area contributed by atoms with Gasteiger partial charge in [-0.25, -0.2) is 4.39 Å². The number of halogens is 2. The average molecular weight is 384 g/mol. The van der Waals surface area contributed by atoms with Crippen molar-refractivity contribution in [3.63, 3.8) is 0 Å². The second-order valence-electron chi connectivity index (χ2n) is 5.15. The minimum absolute atomic E-state index is 0.00133. The van der Waals surface area contributed by atoms with Crippen molar-refractivity contribution in [2.75, 3.05) is 12.3 Å². The van der Waals surface area contributed by atoms with E-state index >= 15 is 0 Å². The van der Waals surface area contributed by atoms with Gasteiger partial charge in [-0.1, -0.05) is 29.8 Å². The van der Waals surface area contributed by atoms with Gasteiger partial charge in [-0.2, -0.15) is 11.8 Å². The molecule has 0 heterocycles. The van der Waals surface area contributed by atoms with Crippen molar-refractivity contribution in [3.8, 4) is 0 Å². The van der Waals surface area contributed by atoms with E-state index in [4.69, 9.17) is 11.6 Å². The Morgan fingerprint density at radius 1 is 1.21 bits per heavy atom. The van der Waals surface area contributed by atoms with Crippen LogP contribution in [0.4, 0.5) is 4.39 Å². The minimum atomic E-state index is -0.179. The van der Waals surface area contributed by atoms with Gasteiger partial charge in [-0.15, -0.1) is 11.8 Å². The van der Waals surface area contributed by atoms with E-state index in [-0.39, 0.29) is 17.0 Å². The molecule has 0 spiro atoms. The molecule has 1 amide bonds. The summed E-state index contributed by atoms with van der Waals surface area (Å²) in [5.41, 5.74) is 0.695. The van der Waals surface area contributed by atoms with Gasteiger partial charge in [-0.3, -0.25) is 4.79 Å². The number of nitrogens with one attached hydrogen (secondary N) is 1. The Balaban J connectivity index is 1.65. The third-order valence-electron chi connectivity index (χ3n) is 3.26. The summed E-state index contributed by atoms with van der Waals surface area (Å²) in [7, 11) is 0. The van der Waals surface area contributed by atoms with Crippen molar-refractivity contribution in [1.29, 1.82) is 0 Å². The molecule has 0 bridgehead atoms. The topological polar surface area (TPSA) is 29.1 Å². The third kappa shape index (κ3) is 6.38. The maximum Gasteiger partial charge on any atom is 0.233 e. The first-order valence-electron chi connectivity index (χ1n) is 7.57. The Morgan fingerprint density at radius 2 is 1.92 bits per heavy atom. The first-order valence-corrected chi connectivity index (χ1v) is 9.98. The molecule has 2 aromatic carbocycles. The van der Waals surface area contributed by atoms with Crippen LogP contribution in [0.25, 0.3) is 0 Å². The Kier molecular flexibility index (Phi) is 7.95. The van der Waals surface area contributed by atoms with E-state index in [1.807, 2.05) is 37.3 Å². The number of hydrogen-bond acceptors (Lipinski definition) is 3. The highest BCUT2D eigenvalue weighted by molar-refractivity contribution is 8.00. The molecule has 24 heavy (non-hydrogen) atoms. The zero-order valence-corrected chi connectivity index (χ0v) is 15.7. The zero-order chi connectivity index (χ0) is 17.4. The van der Waals surface area contributed by atoms with Crippen LogP contribution in [-0.4, -0.2) is 23.5 Å². The molecule has 1 N–H and O–H groups in total. The summed E-state index contributed by atoms with van der Waals surface area (Å²) in [5, 5.41) is 3.42. The SMILES string of the molecule is C[C@@H](Sc1ccc(Cl)cc1)C(=O)NCCSCc1ccccc1F. The van der Waals surface area contributed by atoms with Crippen LogP contribution in [0.3, 0.4) is 0 Å². The van der Waals surface area contributed by atoms with Crippen molar-refractivity contribution in [3.05, 3.63) is 64.9 Å². The van der Waals surface area contributed by atoms with Crippen LogP contribution in [0.1, 0.15) is 12.5 Å². The number of carbonyl (C=O) groups is 1. The summed E-state index contributed by atoms with van der Waals surface area (Å²) in [6.45, 7) is 2.45. The van der Waals surface area contributed by atoms with E-state index in [9.17, 15) is 9.18 Å². The molecule has 0 radical (unpaired) electrons.